The van der Waals surface area contributed by atoms with Crippen LogP contribution < -0.4 is 10.1 Å². The van der Waals surface area contributed by atoms with Gasteiger partial charge in [0, 0.05) is 21.2 Å². The van der Waals surface area contributed by atoms with E-state index in [2.05, 4.69) is 5.32 Å². The van der Waals surface area contributed by atoms with Gasteiger partial charge < -0.3 is 14.2 Å². The first-order valence-corrected chi connectivity index (χ1v) is 9.50. The molecule has 0 aliphatic carbocycles. The van der Waals surface area contributed by atoms with E-state index in [1.54, 1.807) is 36.4 Å². The molecule has 0 saturated heterocycles. The van der Waals surface area contributed by atoms with Gasteiger partial charge in [0.1, 0.15) is 17.1 Å². The zero-order valence-corrected chi connectivity index (χ0v) is 16.9. The minimum absolute atomic E-state index is 0.370. The number of carbonyl (C=O) groups is 2. The molecule has 3 aromatic rings. The van der Waals surface area contributed by atoms with E-state index in [4.69, 9.17) is 14.2 Å². The second-order valence-electron chi connectivity index (χ2n) is 7.06. The van der Waals surface area contributed by atoms with Crippen molar-refractivity contribution in [2.45, 2.75) is 26.4 Å². The first-order chi connectivity index (χ1) is 13.2. The van der Waals surface area contributed by atoms with Gasteiger partial charge in [-0.2, -0.15) is 0 Å². The lowest BCUT2D eigenvalue weighted by atomic mass is 10.2. The Morgan fingerprint density at radius 1 is 1.04 bits per heavy atom. The normalized spacial score (nSPS) is 11.1. The molecule has 1 N–H and O–H groups in total. The van der Waals surface area contributed by atoms with Gasteiger partial charge in [-0.1, -0.05) is 0 Å². The largest absolute Gasteiger partial charge is 0.465 e. The molecule has 0 radical (unpaired) electrons. The van der Waals surface area contributed by atoms with E-state index in [1.807, 2.05) is 32.2 Å². The van der Waals surface area contributed by atoms with Crippen LogP contribution >= 0.6 is 11.3 Å². The summed E-state index contributed by atoms with van der Waals surface area (Å²) in [5.74, 6) is 0.960. The molecule has 7 heteroatoms. The molecular weight excluding hydrogens is 378 g/mol. The first kappa shape index (κ1) is 19.7. The molecule has 1 amide bonds. The summed E-state index contributed by atoms with van der Waals surface area (Å²) in [6, 6.07) is 12.3. The number of benzene rings is 2. The lowest BCUT2D eigenvalue weighted by molar-refractivity contribution is 0.0598. The van der Waals surface area contributed by atoms with Crippen LogP contribution in [0.5, 0.6) is 11.5 Å². The Bertz CT molecular complexity index is 1000. The summed E-state index contributed by atoms with van der Waals surface area (Å²) in [4.78, 5) is 23.5. The second kappa shape index (κ2) is 7.90. The molecule has 146 valence electrons. The van der Waals surface area contributed by atoms with Crippen molar-refractivity contribution in [1.29, 1.82) is 0 Å². The van der Waals surface area contributed by atoms with Crippen molar-refractivity contribution in [2.24, 2.45) is 0 Å². The number of fused-ring (bicyclic) bond motifs is 1. The molecule has 0 saturated carbocycles. The van der Waals surface area contributed by atoms with Crippen LogP contribution in [0.25, 0.3) is 10.1 Å². The number of esters is 1. The highest BCUT2D eigenvalue weighted by Gasteiger charge is 2.16. The van der Waals surface area contributed by atoms with Crippen LogP contribution in [0, 0.1) is 0 Å². The average molecular weight is 399 g/mol. The van der Waals surface area contributed by atoms with Gasteiger partial charge in [0.05, 0.1) is 12.7 Å². The Labute approximate surface area is 167 Å². The van der Waals surface area contributed by atoms with E-state index in [0.717, 1.165) is 10.1 Å². The van der Waals surface area contributed by atoms with Gasteiger partial charge in [0.25, 0.3) is 0 Å². The second-order valence-corrected chi connectivity index (χ2v) is 7.97. The number of methoxy groups -OCH3 is 1. The predicted octanol–water partition coefficient (Wildman–Crippen LogP) is 5.83. The highest BCUT2D eigenvalue weighted by Crippen LogP contribution is 2.36. The van der Waals surface area contributed by atoms with E-state index >= 15 is 0 Å². The van der Waals surface area contributed by atoms with Crippen molar-refractivity contribution in [3.8, 4) is 11.5 Å². The van der Waals surface area contributed by atoms with Gasteiger partial charge in [-0.05, 0) is 63.2 Å². The fourth-order valence-electron chi connectivity index (χ4n) is 2.48. The number of rotatable bonds is 4. The fraction of sp³-hybridized carbons (Fsp3) is 0.238. The summed E-state index contributed by atoms with van der Waals surface area (Å²) in [6.45, 7) is 5.43. The summed E-state index contributed by atoms with van der Waals surface area (Å²) in [5, 5.41) is 5.48. The van der Waals surface area contributed by atoms with Gasteiger partial charge in [-0.3, -0.25) is 5.32 Å². The average Bonchev–Trinajstić information content (AvgIpc) is 3.03. The van der Waals surface area contributed by atoms with Crippen LogP contribution in [-0.2, 0) is 9.47 Å². The van der Waals surface area contributed by atoms with Crippen LogP contribution in [0.15, 0.2) is 47.8 Å². The number of hydrogen-bond acceptors (Lipinski definition) is 6. The summed E-state index contributed by atoms with van der Waals surface area (Å²) in [7, 11) is 1.36. The van der Waals surface area contributed by atoms with Crippen molar-refractivity contribution in [3.63, 3.8) is 0 Å². The maximum atomic E-state index is 11.8. The number of hydrogen-bond donors (Lipinski definition) is 1. The Morgan fingerprint density at radius 3 is 2.39 bits per heavy atom. The maximum Gasteiger partial charge on any atom is 0.412 e. The Balaban J connectivity index is 1.70. The zero-order chi connectivity index (χ0) is 20.3. The lowest BCUT2D eigenvalue weighted by Crippen LogP contribution is -2.27. The van der Waals surface area contributed by atoms with Crippen molar-refractivity contribution in [2.75, 3.05) is 12.4 Å². The highest BCUT2D eigenvalue weighted by atomic mass is 32.1. The van der Waals surface area contributed by atoms with Crippen LogP contribution in [0.1, 0.15) is 31.1 Å². The van der Waals surface area contributed by atoms with E-state index in [9.17, 15) is 9.59 Å². The number of anilines is 1. The summed E-state index contributed by atoms with van der Waals surface area (Å²) in [5.41, 5.74) is 0.557. The standard InChI is InChI=1S/C21H21NO5S/c1-21(2,3)27-20(24)22-14-6-8-15(9-7-14)26-17-12-28-18-11-13(19(23)25-4)5-10-16(17)18/h5-12H,1-4H3,(H,22,24). The molecule has 2 aromatic carbocycles. The molecule has 0 aliphatic heterocycles. The molecule has 28 heavy (non-hydrogen) atoms. The number of carbonyl (C=O) groups excluding carboxylic acids is 2. The smallest absolute Gasteiger partial charge is 0.412 e. The van der Waals surface area contributed by atoms with Crippen LogP contribution in [-0.4, -0.2) is 24.8 Å². The lowest BCUT2D eigenvalue weighted by Gasteiger charge is -2.19. The SMILES string of the molecule is COC(=O)c1ccc2c(Oc3ccc(NC(=O)OC(C)(C)C)cc3)csc2c1. The highest BCUT2D eigenvalue weighted by molar-refractivity contribution is 7.17. The number of amides is 1. The third kappa shape index (κ3) is 4.80. The van der Waals surface area contributed by atoms with E-state index in [0.29, 0.717) is 22.7 Å². The number of thiophene rings is 1. The molecule has 0 bridgehead atoms. The van der Waals surface area contributed by atoms with Crippen LogP contribution in [0.4, 0.5) is 10.5 Å². The molecule has 0 aliphatic rings. The number of nitrogens with one attached hydrogen (secondary N) is 1. The van der Waals surface area contributed by atoms with Gasteiger partial charge in [-0.15, -0.1) is 11.3 Å². The Morgan fingerprint density at radius 2 is 1.75 bits per heavy atom. The summed E-state index contributed by atoms with van der Waals surface area (Å²) in [6.07, 6.45) is -0.508. The molecule has 3 rings (SSSR count). The molecule has 0 atom stereocenters. The third-order valence-corrected chi connectivity index (χ3v) is 4.61. The molecule has 0 fully saturated rings. The Hall–Kier alpha value is -3.06. The Kier molecular flexibility index (Phi) is 5.56. The third-order valence-electron chi connectivity index (χ3n) is 3.69. The molecule has 1 aromatic heterocycles. The van der Waals surface area contributed by atoms with Crippen molar-refractivity contribution in [3.05, 3.63) is 53.4 Å². The molecule has 6 nitrogen and oxygen atoms in total. The van der Waals surface area contributed by atoms with Gasteiger partial charge >= 0.3 is 12.1 Å². The first-order valence-electron chi connectivity index (χ1n) is 8.63. The van der Waals surface area contributed by atoms with Gasteiger partial charge in [0.15, 0.2) is 0 Å². The molecule has 0 unspecified atom stereocenters. The minimum Gasteiger partial charge on any atom is -0.465 e. The quantitative estimate of drug-likeness (QED) is 0.559. The van der Waals surface area contributed by atoms with Crippen molar-refractivity contribution < 1.29 is 23.8 Å². The van der Waals surface area contributed by atoms with Crippen molar-refractivity contribution >= 4 is 39.2 Å². The van der Waals surface area contributed by atoms with E-state index < -0.39 is 11.7 Å². The summed E-state index contributed by atoms with van der Waals surface area (Å²) < 4.78 is 16.9. The maximum absolute atomic E-state index is 11.8. The predicted molar refractivity (Wildman–Crippen MR) is 110 cm³/mol. The minimum atomic E-state index is -0.555. The molecular formula is C21H21NO5S. The van der Waals surface area contributed by atoms with Crippen LogP contribution in [0.3, 0.4) is 0 Å². The zero-order valence-electron chi connectivity index (χ0n) is 16.1. The molecule has 1 heterocycles. The molecule has 0 spiro atoms. The van der Waals surface area contributed by atoms with Crippen molar-refractivity contribution in [1.82, 2.24) is 0 Å². The number of ether oxygens (including phenoxy) is 3. The van der Waals surface area contributed by atoms with E-state index in [-0.39, 0.29) is 5.97 Å². The topological polar surface area (TPSA) is 73.9 Å². The van der Waals surface area contributed by atoms with Gasteiger partial charge in [0.2, 0.25) is 0 Å². The van der Waals surface area contributed by atoms with Crippen LogP contribution in [0.2, 0.25) is 0 Å². The monoisotopic (exact) mass is 399 g/mol. The van der Waals surface area contributed by atoms with E-state index in [1.165, 1.54) is 18.4 Å². The summed E-state index contributed by atoms with van der Waals surface area (Å²) >= 11 is 1.49. The van der Waals surface area contributed by atoms with Gasteiger partial charge in [-0.25, -0.2) is 9.59 Å². The fourth-order valence-corrected chi connectivity index (χ4v) is 3.38.